The number of allylic oxidation sites excluding steroid dienone is 4. The Balaban J connectivity index is 0.951. The molecule has 8 nitrogen and oxygen atoms in total. The molecule has 7 aliphatic heterocycles. The first-order valence-corrected chi connectivity index (χ1v) is 31.0. The summed E-state index contributed by atoms with van der Waals surface area (Å²) in [5.41, 5.74) is 12.9. The standard InChI is InChI=1S/C65H83N3O5/c1-36-28-41-17-19-49-42-29-43-35-68(49)56(41)53-45-21-26-63-58(57(69)46-18-20-50(43)67(34-42)55(46)44-32-61(22-4-5-23-61)62(33-44)24-6-7-25-62)72-60(71)64(63)51(65(63)48-14-8-12-38(13-9-27-66)52(48)59(70)73-65)31-39(37-10-2-3-11-37)15-16-40(54(45)64)30-47(36)53/h8,12,14-16,36-37,39-40,42-44,46-47,49-51,53,55,69H,2-7,9-11,13,17-35,66H2,1H3/b16-15-,58-57+/t36-,39-,40+,42+,43+,46-,47+,49+,50-,51+,53+,55+,63-,64-,65-/m1/s1. The molecule has 4 saturated heterocycles. The molecule has 7 heterocycles. The van der Waals surface area contributed by atoms with Gasteiger partial charge in [0.25, 0.3) is 0 Å². The molecular formula is C65H83N3O5. The van der Waals surface area contributed by atoms with Gasteiger partial charge >= 0.3 is 11.9 Å². The van der Waals surface area contributed by atoms with Crippen LogP contribution in [0, 0.1) is 86.8 Å². The third-order valence-electron chi connectivity index (χ3n) is 26.8. The first-order valence-electron chi connectivity index (χ1n) is 31.0. The van der Waals surface area contributed by atoms with Crippen molar-refractivity contribution in [1.82, 2.24) is 9.80 Å². The predicted molar refractivity (Wildman–Crippen MR) is 279 cm³/mol. The predicted octanol–water partition coefficient (Wildman–Crippen LogP) is 12.4. The fourth-order valence-corrected chi connectivity index (χ4v) is 24.8. The van der Waals surface area contributed by atoms with Crippen molar-refractivity contribution in [2.45, 2.75) is 198 Å². The molecule has 5 spiro atoms. The topological polar surface area (TPSA) is 105 Å². The summed E-state index contributed by atoms with van der Waals surface area (Å²) in [6.07, 6.45) is 35.8. The second-order valence-corrected chi connectivity index (χ2v) is 28.7. The number of aliphatic hydroxyl groups is 1. The zero-order valence-corrected chi connectivity index (χ0v) is 44.0. The van der Waals surface area contributed by atoms with Crippen LogP contribution in [-0.2, 0) is 26.3 Å². The van der Waals surface area contributed by atoms with Crippen LogP contribution in [-0.4, -0.2) is 64.6 Å². The number of benzene rings is 1. The molecule has 16 aliphatic rings. The minimum Gasteiger partial charge on any atom is -0.508 e. The Kier molecular flexibility index (Phi) is 9.33. The van der Waals surface area contributed by atoms with Crippen molar-refractivity contribution in [2.75, 3.05) is 19.6 Å². The lowest BCUT2D eigenvalue weighted by Gasteiger charge is -2.73. The molecule has 8 heteroatoms. The maximum absolute atomic E-state index is 16.7. The van der Waals surface area contributed by atoms with Gasteiger partial charge in [0.15, 0.2) is 11.4 Å². The number of aryl methyl sites for hydroxylation is 1. The van der Waals surface area contributed by atoms with E-state index in [1.807, 2.05) is 0 Å². The van der Waals surface area contributed by atoms with E-state index in [2.05, 4.69) is 47.1 Å². The zero-order chi connectivity index (χ0) is 48.5. The van der Waals surface area contributed by atoms with Gasteiger partial charge in [-0.15, -0.1) is 0 Å². The van der Waals surface area contributed by atoms with E-state index >= 15 is 9.59 Å². The first-order chi connectivity index (χ1) is 35.7. The van der Waals surface area contributed by atoms with E-state index in [1.54, 1.807) is 16.8 Å². The van der Waals surface area contributed by atoms with Gasteiger partial charge in [0.1, 0.15) is 11.2 Å². The Morgan fingerprint density at radius 3 is 2.37 bits per heavy atom. The van der Waals surface area contributed by atoms with E-state index in [1.165, 1.54) is 128 Å². The molecule has 17 rings (SSSR count). The van der Waals surface area contributed by atoms with Crippen LogP contribution in [0.25, 0.3) is 0 Å². The fourth-order valence-electron chi connectivity index (χ4n) is 24.8. The van der Waals surface area contributed by atoms with Gasteiger partial charge < -0.3 is 25.2 Å². The van der Waals surface area contributed by atoms with E-state index in [0.717, 1.165) is 56.2 Å². The summed E-state index contributed by atoms with van der Waals surface area (Å²) in [6, 6.07) is 7.79. The van der Waals surface area contributed by atoms with Crippen molar-refractivity contribution < 1.29 is 24.2 Å². The molecule has 73 heavy (non-hydrogen) atoms. The number of fused-ring (bicyclic) bond motifs is 9. The highest BCUT2D eigenvalue weighted by atomic mass is 16.6. The van der Waals surface area contributed by atoms with Gasteiger partial charge in [-0.1, -0.05) is 86.9 Å². The second kappa shape index (κ2) is 15.2. The van der Waals surface area contributed by atoms with Gasteiger partial charge in [0, 0.05) is 60.2 Å². The van der Waals surface area contributed by atoms with Crippen LogP contribution in [0.3, 0.4) is 0 Å². The molecule has 9 fully saturated rings. The summed E-state index contributed by atoms with van der Waals surface area (Å²) >= 11 is 0. The summed E-state index contributed by atoms with van der Waals surface area (Å²) < 4.78 is 14.9. The van der Waals surface area contributed by atoms with Crippen molar-refractivity contribution >= 4 is 11.9 Å². The number of esters is 2. The van der Waals surface area contributed by atoms with Gasteiger partial charge in [-0.2, -0.15) is 0 Å². The lowest BCUT2D eigenvalue weighted by atomic mass is 9.27. The van der Waals surface area contributed by atoms with Crippen LogP contribution in [0.15, 0.2) is 64.3 Å². The number of piperidine rings is 3. The van der Waals surface area contributed by atoms with Crippen LogP contribution in [0.2, 0.25) is 0 Å². The smallest absolute Gasteiger partial charge is 0.339 e. The van der Waals surface area contributed by atoms with E-state index < -0.39 is 16.4 Å². The van der Waals surface area contributed by atoms with Crippen molar-refractivity contribution in [3.05, 3.63) is 81.0 Å². The van der Waals surface area contributed by atoms with Crippen molar-refractivity contribution in [1.29, 1.82) is 0 Å². The fraction of sp³-hybridized carbons (Fsp3) is 0.754. The Morgan fingerprint density at radius 1 is 0.808 bits per heavy atom. The normalized spacial score (nSPS) is 47.5. The van der Waals surface area contributed by atoms with E-state index in [-0.39, 0.29) is 41.7 Å². The number of hydrogen-bond acceptors (Lipinski definition) is 8. The quantitative estimate of drug-likeness (QED) is 0.222. The zero-order valence-electron chi connectivity index (χ0n) is 44.0. The Morgan fingerprint density at radius 2 is 1.59 bits per heavy atom. The monoisotopic (exact) mass is 986 g/mol. The molecule has 15 atom stereocenters. The molecule has 9 aliphatic carbocycles. The highest BCUT2D eigenvalue weighted by Crippen LogP contribution is 2.88. The van der Waals surface area contributed by atoms with E-state index in [9.17, 15) is 5.11 Å². The Bertz CT molecular complexity index is 2710. The highest BCUT2D eigenvalue weighted by molar-refractivity contribution is 6.00. The number of carbonyl (C=O) groups is 2. The molecule has 1 aromatic rings. The number of rotatable bonds is 5. The number of nitrogens with zero attached hydrogens (tertiary/aromatic N) is 2. The third-order valence-corrected chi connectivity index (χ3v) is 26.8. The molecule has 0 radical (unpaired) electrons. The minimum absolute atomic E-state index is 0.112. The number of carbonyl (C=O) groups excluding carboxylic acids is 2. The molecular weight excluding hydrogens is 903 g/mol. The van der Waals surface area contributed by atoms with Crippen molar-refractivity contribution in [3.63, 3.8) is 0 Å². The maximum atomic E-state index is 16.7. The summed E-state index contributed by atoms with van der Waals surface area (Å²) in [6.45, 7) is 5.45. The van der Waals surface area contributed by atoms with E-state index in [4.69, 9.17) is 15.2 Å². The number of aliphatic hydroxyl groups excluding tert-OH is 1. The van der Waals surface area contributed by atoms with Crippen LogP contribution in [0.5, 0.6) is 0 Å². The van der Waals surface area contributed by atoms with Crippen molar-refractivity contribution in [2.24, 2.45) is 92.5 Å². The summed E-state index contributed by atoms with van der Waals surface area (Å²) in [5, 5.41) is 14.3. The SMILES string of the molecule is C[C@@H]1CC2=C3[C@H]4C5=C6[C@@H](/C=C\[C@@H](C7CCCC7)C[C@H]7[C@]68C(=O)O/C(=C(/O)[C@@H]6CC[C@@H]9[C@H]%10C[C@@H](CN9[C@H]6C6CC9(CCCC9)C9(CCCC9)C6)[C@H](CC2)N3C%10)[C@@]8(CC5)[C@]72OC(=O)c3c(CCCN)cccc32)C[C@H]41. The van der Waals surface area contributed by atoms with Crippen LogP contribution in [0.4, 0.5) is 0 Å². The van der Waals surface area contributed by atoms with E-state index in [0.29, 0.717) is 101 Å². The number of hydrogen-bond donors (Lipinski definition) is 2. The highest BCUT2D eigenvalue weighted by Gasteiger charge is 2.94. The van der Waals surface area contributed by atoms with Crippen LogP contribution < -0.4 is 5.73 Å². The van der Waals surface area contributed by atoms with Gasteiger partial charge in [0.05, 0.1) is 11.0 Å². The molecule has 1 aromatic carbocycles. The molecule has 0 unspecified atom stereocenters. The largest absolute Gasteiger partial charge is 0.508 e. The number of nitrogens with two attached hydrogens (primary N) is 1. The first kappa shape index (κ1) is 44.7. The lowest BCUT2D eigenvalue weighted by molar-refractivity contribution is -0.282. The minimum atomic E-state index is -1.13. The van der Waals surface area contributed by atoms with Gasteiger partial charge in [-0.25, -0.2) is 4.79 Å². The van der Waals surface area contributed by atoms with Crippen LogP contribution in [0.1, 0.15) is 189 Å². The Hall–Kier alpha value is -3.36. The molecule has 7 bridgehead atoms. The van der Waals surface area contributed by atoms with Gasteiger partial charge in [-0.3, -0.25) is 9.69 Å². The molecule has 388 valence electrons. The van der Waals surface area contributed by atoms with Gasteiger partial charge in [-0.05, 0) is 204 Å². The number of ether oxygens (including phenoxy) is 2. The average Bonchev–Trinajstić information content (AvgIpc) is 4.29. The second-order valence-electron chi connectivity index (χ2n) is 28.7. The van der Waals surface area contributed by atoms with Crippen LogP contribution >= 0.6 is 0 Å². The van der Waals surface area contributed by atoms with Gasteiger partial charge in [0.2, 0.25) is 0 Å². The molecule has 3 N–H and O–H groups in total. The molecule has 5 saturated carbocycles. The summed E-state index contributed by atoms with van der Waals surface area (Å²) in [4.78, 5) is 38.3. The van der Waals surface area contributed by atoms with Crippen molar-refractivity contribution in [3.8, 4) is 0 Å². The maximum Gasteiger partial charge on any atom is 0.339 e. The molecule has 0 aromatic heterocycles. The average molecular weight is 986 g/mol. The summed E-state index contributed by atoms with van der Waals surface area (Å²) in [5.74, 6) is 4.23. The third kappa shape index (κ3) is 5.18. The summed E-state index contributed by atoms with van der Waals surface area (Å²) in [7, 11) is 0. The lowest BCUT2D eigenvalue weighted by Crippen LogP contribution is -2.78. The molecule has 0 amide bonds. The Labute approximate surface area is 434 Å².